The smallest absolute Gasteiger partial charge is 0.380 e. The number of hydrogen-bond donors (Lipinski definition) is 0. The van der Waals surface area contributed by atoms with E-state index in [0.29, 0.717) is 17.5 Å². The van der Waals surface area contributed by atoms with Gasteiger partial charge in [-0.1, -0.05) is 0 Å². The number of non-ortho nitro benzene ring substituents is 1. The Labute approximate surface area is 181 Å². The van der Waals surface area contributed by atoms with E-state index in [4.69, 9.17) is 8.60 Å². The Bertz CT molecular complexity index is 1380. The molecule has 3 rings (SSSR count). The minimum atomic E-state index is -4.88. The Hall–Kier alpha value is -4.00. The van der Waals surface area contributed by atoms with E-state index in [1.807, 2.05) is 18.7 Å². The fourth-order valence-corrected chi connectivity index (χ4v) is 4.13. The summed E-state index contributed by atoms with van der Waals surface area (Å²) in [6.07, 6.45) is 0. The zero-order valence-corrected chi connectivity index (χ0v) is 17.7. The van der Waals surface area contributed by atoms with E-state index >= 15 is 0 Å². The second-order valence-electron chi connectivity index (χ2n) is 6.50. The van der Waals surface area contributed by atoms with Crippen LogP contribution in [0.1, 0.15) is 13.8 Å². The summed E-state index contributed by atoms with van der Waals surface area (Å²) in [5, 5.41) is 22.5. The number of benzene rings is 2. The summed E-state index contributed by atoms with van der Waals surface area (Å²) in [4.78, 5) is 33.5. The van der Waals surface area contributed by atoms with Crippen LogP contribution in [0.4, 0.5) is 17.1 Å². The molecule has 32 heavy (non-hydrogen) atoms. The molecule has 3 aromatic rings. The van der Waals surface area contributed by atoms with Crippen LogP contribution in [-0.4, -0.2) is 31.4 Å². The molecule has 0 N–H and O–H groups in total. The molecular weight excluding hydrogens is 446 g/mol. The summed E-state index contributed by atoms with van der Waals surface area (Å²) in [5.74, 6) is -0.708. The predicted molar refractivity (Wildman–Crippen MR) is 114 cm³/mol. The van der Waals surface area contributed by atoms with Crippen LogP contribution in [0.15, 0.2) is 56.6 Å². The Morgan fingerprint density at radius 3 is 2.28 bits per heavy atom. The first-order valence-electron chi connectivity index (χ1n) is 9.27. The first kappa shape index (κ1) is 22.7. The number of nitro groups is 2. The molecule has 0 saturated carbocycles. The summed E-state index contributed by atoms with van der Waals surface area (Å²) in [7, 11) is -4.88. The lowest BCUT2D eigenvalue weighted by atomic mass is 10.2. The van der Waals surface area contributed by atoms with Crippen molar-refractivity contribution in [1.82, 2.24) is 0 Å². The minimum absolute atomic E-state index is 0.200. The SMILES string of the molecule is CCN(CC)c1ccc2cc(OS(=O)(=O)c3ccc([N+](=O)[O-])cc3[N+](=O)[O-])c(=O)oc2c1. The summed E-state index contributed by atoms with van der Waals surface area (Å²) >= 11 is 0. The number of hydrogen-bond acceptors (Lipinski definition) is 10. The number of anilines is 1. The molecule has 2 aromatic carbocycles. The quantitative estimate of drug-likeness (QED) is 0.210. The first-order chi connectivity index (χ1) is 15.1. The van der Waals surface area contributed by atoms with Crippen LogP contribution in [0.5, 0.6) is 5.75 Å². The van der Waals surface area contributed by atoms with Gasteiger partial charge in [-0.2, -0.15) is 8.42 Å². The van der Waals surface area contributed by atoms with Crippen molar-refractivity contribution < 1.29 is 26.9 Å². The summed E-state index contributed by atoms with van der Waals surface area (Å²) in [6, 6.07) is 8.08. The lowest BCUT2D eigenvalue weighted by Crippen LogP contribution is -2.21. The van der Waals surface area contributed by atoms with Crippen molar-refractivity contribution in [3.05, 3.63) is 73.1 Å². The van der Waals surface area contributed by atoms with Crippen molar-refractivity contribution in [2.24, 2.45) is 0 Å². The maximum atomic E-state index is 12.6. The van der Waals surface area contributed by atoms with Crippen LogP contribution >= 0.6 is 0 Å². The Morgan fingerprint density at radius 2 is 1.69 bits per heavy atom. The van der Waals surface area contributed by atoms with Crippen LogP contribution < -0.4 is 14.7 Å². The monoisotopic (exact) mass is 463 g/mol. The number of fused-ring (bicyclic) bond motifs is 1. The zero-order valence-electron chi connectivity index (χ0n) is 16.9. The van der Waals surface area contributed by atoms with Gasteiger partial charge in [-0.25, -0.2) is 4.79 Å². The molecular formula is C19H17N3O9S. The van der Waals surface area contributed by atoms with E-state index in [9.17, 15) is 33.4 Å². The fraction of sp³-hybridized carbons (Fsp3) is 0.211. The van der Waals surface area contributed by atoms with Crippen molar-refractivity contribution in [3.8, 4) is 5.75 Å². The van der Waals surface area contributed by atoms with Crippen molar-refractivity contribution in [2.45, 2.75) is 18.7 Å². The van der Waals surface area contributed by atoms with Gasteiger partial charge in [0.25, 0.3) is 11.4 Å². The standard InChI is InChI=1S/C19H17N3O9S/c1-3-20(4-2)13-6-5-12-9-17(19(23)30-16(12)11-13)31-32(28,29)18-8-7-14(21(24)25)10-15(18)22(26)27/h5-11H,3-4H2,1-2H3. The van der Waals surface area contributed by atoms with E-state index in [1.54, 1.807) is 18.2 Å². The van der Waals surface area contributed by atoms with Gasteiger partial charge >= 0.3 is 15.7 Å². The van der Waals surface area contributed by atoms with Crippen molar-refractivity contribution in [1.29, 1.82) is 0 Å². The second-order valence-corrected chi connectivity index (χ2v) is 8.01. The molecule has 0 aliphatic heterocycles. The van der Waals surface area contributed by atoms with Crippen molar-refractivity contribution in [3.63, 3.8) is 0 Å². The van der Waals surface area contributed by atoms with Gasteiger partial charge in [0.1, 0.15) is 5.58 Å². The van der Waals surface area contributed by atoms with Gasteiger partial charge in [0.2, 0.25) is 5.75 Å². The highest BCUT2D eigenvalue weighted by atomic mass is 32.2. The van der Waals surface area contributed by atoms with E-state index in [2.05, 4.69) is 0 Å². The maximum absolute atomic E-state index is 12.6. The third-order valence-electron chi connectivity index (χ3n) is 4.64. The number of rotatable bonds is 8. The van der Waals surface area contributed by atoms with Crippen LogP contribution in [-0.2, 0) is 10.1 Å². The highest BCUT2D eigenvalue weighted by molar-refractivity contribution is 7.87. The topological polar surface area (TPSA) is 163 Å². The molecule has 0 unspecified atom stereocenters. The second kappa shape index (κ2) is 8.63. The van der Waals surface area contributed by atoms with Crippen LogP contribution in [0.3, 0.4) is 0 Å². The fourth-order valence-electron chi connectivity index (χ4n) is 3.06. The summed E-state index contributed by atoms with van der Waals surface area (Å²) in [6.45, 7) is 5.37. The molecule has 1 aromatic heterocycles. The average Bonchev–Trinajstić information content (AvgIpc) is 2.74. The molecule has 13 heteroatoms. The third-order valence-corrected chi connectivity index (χ3v) is 5.92. The maximum Gasteiger partial charge on any atom is 0.380 e. The molecule has 0 radical (unpaired) electrons. The average molecular weight is 463 g/mol. The van der Waals surface area contributed by atoms with Crippen LogP contribution in [0.2, 0.25) is 0 Å². The summed E-state index contributed by atoms with van der Waals surface area (Å²) in [5.41, 5.74) is -1.85. The van der Waals surface area contributed by atoms with Gasteiger partial charge in [-0.15, -0.1) is 0 Å². The molecule has 0 amide bonds. The Morgan fingerprint density at radius 1 is 1.00 bits per heavy atom. The minimum Gasteiger partial charge on any atom is -0.420 e. The van der Waals surface area contributed by atoms with E-state index in [0.717, 1.165) is 30.9 Å². The highest BCUT2D eigenvalue weighted by Crippen LogP contribution is 2.31. The van der Waals surface area contributed by atoms with Crippen molar-refractivity contribution >= 4 is 38.1 Å². The van der Waals surface area contributed by atoms with Crippen LogP contribution in [0, 0.1) is 20.2 Å². The molecule has 0 bridgehead atoms. The normalized spacial score (nSPS) is 11.3. The Balaban J connectivity index is 2.04. The Kier molecular flexibility index (Phi) is 6.11. The molecule has 0 aliphatic carbocycles. The largest absolute Gasteiger partial charge is 0.420 e. The van der Waals surface area contributed by atoms with Gasteiger partial charge in [0.15, 0.2) is 4.90 Å². The number of nitrogens with zero attached hydrogens (tertiary/aromatic N) is 3. The summed E-state index contributed by atoms with van der Waals surface area (Å²) < 4.78 is 35.3. The lowest BCUT2D eigenvalue weighted by Gasteiger charge is -2.20. The molecule has 0 aliphatic rings. The van der Waals surface area contributed by atoms with Crippen molar-refractivity contribution in [2.75, 3.05) is 18.0 Å². The molecule has 0 spiro atoms. The highest BCUT2D eigenvalue weighted by Gasteiger charge is 2.31. The van der Waals surface area contributed by atoms with E-state index in [-0.39, 0.29) is 5.58 Å². The third kappa shape index (κ3) is 4.37. The van der Waals surface area contributed by atoms with Gasteiger partial charge in [-0.05, 0) is 32.0 Å². The molecule has 168 valence electrons. The zero-order chi connectivity index (χ0) is 23.6. The molecule has 0 fully saturated rings. The van der Waals surface area contributed by atoms with Gasteiger partial charge in [0.05, 0.1) is 15.9 Å². The van der Waals surface area contributed by atoms with Gasteiger partial charge < -0.3 is 13.5 Å². The first-order valence-corrected chi connectivity index (χ1v) is 10.7. The van der Waals surface area contributed by atoms with E-state index < -0.39 is 47.6 Å². The molecule has 1 heterocycles. The predicted octanol–water partition coefficient (Wildman–Crippen LogP) is 3.22. The van der Waals surface area contributed by atoms with E-state index in [1.165, 1.54) is 0 Å². The molecule has 12 nitrogen and oxygen atoms in total. The molecule has 0 saturated heterocycles. The van der Waals surface area contributed by atoms with Gasteiger partial charge in [0, 0.05) is 42.4 Å². The number of nitro benzene ring substituents is 2. The van der Waals surface area contributed by atoms with Gasteiger partial charge in [-0.3, -0.25) is 20.2 Å². The molecule has 0 atom stereocenters. The lowest BCUT2D eigenvalue weighted by molar-refractivity contribution is -0.396. The van der Waals surface area contributed by atoms with Crippen LogP contribution in [0.25, 0.3) is 11.0 Å².